The molecule has 0 spiro atoms. The van der Waals surface area contributed by atoms with E-state index in [0.29, 0.717) is 6.42 Å². The summed E-state index contributed by atoms with van der Waals surface area (Å²) >= 11 is 0. The SMILES string of the molecule is COC(C)CCC(=O)N1CCC[C@@H](N)C1. The summed E-state index contributed by atoms with van der Waals surface area (Å²) < 4.78 is 5.11. The van der Waals surface area contributed by atoms with Crippen LogP contribution in [0.25, 0.3) is 0 Å². The Morgan fingerprint density at radius 1 is 1.67 bits per heavy atom. The number of piperidine rings is 1. The maximum atomic E-state index is 11.8. The van der Waals surface area contributed by atoms with Crippen LogP contribution < -0.4 is 5.73 Å². The van der Waals surface area contributed by atoms with Gasteiger partial charge in [-0.15, -0.1) is 0 Å². The van der Waals surface area contributed by atoms with Gasteiger partial charge in [0.1, 0.15) is 0 Å². The summed E-state index contributed by atoms with van der Waals surface area (Å²) in [7, 11) is 1.67. The van der Waals surface area contributed by atoms with Crippen LogP contribution in [-0.4, -0.2) is 43.2 Å². The highest BCUT2D eigenvalue weighted by molar-refractivity contribution is 5.76. The fraction of sp³-hybridized carbons (Fsp3) is 0.909. The molecule has 0 saturated carbocycles. The van der Waals surface area contributed by atoms with Crippen molar-refractivity contribution in [1.82, 2.24) is 4.90 Å². The summed E-state index contributed by atoms with van der Waals surface area (Å²) in [4.78, 5) is 13.7. The molecule has 0 radical (unpaired) electrons. The first-order valence-electron chi connectivity index (χ1n) is 5.69. The maximum absolute atomic E-state index is 11.8. The van der Waals surface area contributed by atoms with Gasteiger partial charge in [0.05, 0.1) is 6.10 Å². The van der Waals surface area contributed by atoms with E-state index in [9.17, 15) is 4.79 Å². The minimum absolute atomic E-state index is 0.160. The Bertz CT molecular complexity index is 209. The number of nitrogens with zero attached hydrogens (tertiary/aromatic N) is 1. The summed E-state index contributed by atoms with van der Waals surface area (Å²) in [5, 5.41) is 0. The topological polar surface area (TPSA) is 55.6 Å². The molecule has 0 bridgehead atoms. The number of rotatable bonds is 4. The van der Waals surface area contributed by atoms with E-state index in [1.807, 2.05) is 11.8 Å². The van der Waals surface area contributed by atoms with Gasteiger partial charge in [-0.3, -0.25) is 4.79 Å². The minimum Gasteiger partial charge on any atom is -0.382 e. The number of hydrogen-bond donors (Lipinski definition) is 1. The van der Waals surface area contributed by atoms with Gasteiger partial charge in [-0.05, 0) is 26.2 Å². The lowest BCUT2D eigenvalue weighted by molar-refractivity contribution is -0.133. The molecule has 1 rings (SSSR count). The van der Waals surface area contributed by atoms with E-state index in [1.165, 1.54) is 0 Å². The lowest BCUT2D eigenvalue weighted by Gasteiger charge is -2.31. The third-order valence-electron chi connectivity index (χ3n) is 2.98. The standard InChI is InChI=1S/C11H22N2O2/c1-9(15-2)5-6-11(14)13-7-3-4-10(12)8-13/h9-10H,3-8,12H2,1-2H3/t9?,10-/m1/s1. The van der Waals surface area contributed by atoms with Gasteiger partial charge < -0.3 is 15.4 Å². The molecule has 4 heteroatoms. The fourth-order valence-electron chi connectivity index (χ4n) is 1.84. The largest absolute Gasteiger partial charge is 0.382 e. The predicted molar refractivity (Wildman–Crippen MR) is 59.5 cm³/mol. The third kappa shape index (κ3) is 4.18. The van der Waals surface area contributed by atoms with E-state index in [0.717, 1.165) is 32.4 Å². The molecular formula is C11H22N2O2. The lowest BCUT2D eigenvalue weighted by atomic mass is 10.1. The summed E-state index contributed by atoms with van der Waals surface area (Å²) in [5.74, 6) is 0.217. The first-order chi connectivity index (χ1) is 7.13. The van der Waals surface area contributed by atoms with E-state index in [4.69, 9.17) is 10.5 Å². The Hall–Kier alpha value is -0.610. The summed E-state index contributed by atoms with van der Waals surface area (Å²) in [5.41, 5.74) is 5.83. The van der Waals surface area contributed by atoms with Gasteiger partial charge in [-0.25, -0.2) is 0 Å². The van der Waals surface area contributed by atoms with Gasteiger partial charge in [0.15, 0.2) is 0 Å². The summed E-state index contributed by atoms with van der Waals surface area (Å²) in [6.45, 7) is 3.57. The van der Waals surface area contributed by atoms with Gasteiger partial charge in [0.25, 0.3) is 0 Å². The average molecular weight is 214 g/mol. The van der Waals surface area contributed by atoms with Crippen LogP contribution in [0.1, 0.15) is 32.6 Å². The monoisotopic (exact) mass is 214 g/mol. The van der Waals surface area contributed by atoms with Crippen LogP contribution in [0.15, 0.2) is 0 Å². The van der Waals surface area contributed by atoms with Crippen molar-refractivity contribution in [2.45, 2.75) is 44.8 Å². The molecule has 1 amide bonds. The van der Waals surface area contributed by atoms with Crippen LogP contribution in [-0.2, 0) is 9.53 Å². The van der Waals surface area contributed by atoms with Crippen LogP contribution >= 0.6 is 0 Å². The number of methoxy groups -OCH3 is 1. The number of carbonyl (C=O) groups is 1. The predicted octanol–water partition coefficient (Wildman–Crippen LogP) is 0.751. The molecule has 0 aromatic heterocycles. The first kappa shape index (κ1) is 12.5. The number of hydrogen-bond acceptors (Lipinski definition) is 3. The van der Waals surface area contributed by atoms with E-state index in [2.05, 4.69) is 0 Å². The van der Waals surface area contributed by atoms with Gasteiger partial charge in [0, 0.05) is 32.7 Å². The third-order valence-corrected chi connectivity index (χ3v) is 2.98. The molecular weight excluding hydrogens is 192 g/mol. The molecule has 0 aromatic rings. The van der Waals surface area contributed by atoms with Crippen LogP contribution in [0.2, 0.25) is 0 Å². The molecule has 0 aliphatic carbocycles. The molecule has 15 heavy (non-hydrogen) atoms. The molecule has 88 valence electrons. The number of nitrogens with two attached hydrogens (primary N) is 1. The molecule has 1 aliphatic heterocycles. The van der Waals surface area contributed by atoms with Crippen LogP contribution in [0.5, 0.6) is 0 Å². The number of likely N-dealkylation sites (tertiary alicyclic amines) is 1. The smallest absolute Gasteiger partial charge is 0.222 e. The molecule has 0 aromatic carbocycles. The molecule has 2 N–H and O–H groups in total. The van der Waals surface area contributed by atoms with Gasteiger partial charge >= 0.3 is 0 Å². The zero-order valence-corrected chi connectivity index (χ0v) is 9.74. The molecule has 1 unspecified atom stereocenters. The van der Waals surface area contributed by atoms with Crippen molar-refractivity contribution in [3.8, 4) is 0 Å². The van der Waals surface area contributed by atoms with E-state index < -0.39 is 0 Å². The van der Waals surface area contributed by atoms with Crippen molar-refractivity contribution in [3.05, 3.63) is 0 Å². The molecule has 4 nitrogen and oxygen atoms in total. The number of carbonyl (C=O) groups excluding carboxylic acids is 1. The minimum atomic E-state index is 0.160. The number of amides is 1. The quantitative estimate of drug-likeness (QED) is 0.751. The average Bonchev–Trinajstić information content (AvgIpc) is 2.25. The van der Waals surface area contributed by atoms with Crippen molar-refractivity contribution >= 4 is 5.91 Å². The Morgan fingerprint density at radius 2 is 2.40 bits per heavy atom. The van der Waals surface area contributed by atoms with Crippen molar-refractivity contribution in [2.24, 2.45) is 5.73 Å². The van der Waals surface area contributed by atoms with Crippen molar-refractivity contribution in [3.63, 3.8) is 0 Å². The Kier molecular flexibility index (Phi) is 5.05. The van der Waals surface area contributed by atoms with Crippen LogP contribution in [0, 0.1) is 0 Å². The Labute approximate surface area is 91.8 Å². The molecule has 1 fully saturated rings. The van der Waals surface area contributed by atoms with Gasteiger partial charge in [-0.2, -0.15) is 0 Å². The molecule has 1 saturated heterocycles. The van der Waals surface area contributed by atoms with Crippen LogP contribution in [0.4, 0.5) is 0 Å². The zero-order chi connectivity index (χ0) is 11.3. The maximum Gasteiger partial charge on any atom is 0.222 e. The molecule has 1 aliphatic rings. The van der Waals surface area contributed by atoms with Gasteiger partial charge in [-0.1, -0.05) is 0 Å². The highest BCUT2D eigenvalue weighted by Crippen LogP contribution is 2.11. The zero-order valence-electron chi connectivity index (χ0n) is 9.74. The van der Waals surface area contributed by atoms with Crippen LogP contribution in [0.3, 0.4) is 0 Å². The summed E-state index contributed by atoms with van der Waals surface area (Å²) in [6, 6.07) is 0.169. The van der Waals surface area contributed by atoms with E-state index in [-0.39, 0.29) is 18.1 Å². The lowest BCUT2D eigenvalue weighted by Crippen LogP contribution is -2.45. The highest BCUT2D eigenvalue weighted by atomic mass is 16.5. The van der Waals surface area contributed by atoms with Crippen molar-refractivity contribution in [1.29, 1.82) is 0 Å². The Morgan fingerprint density at radius 3 is 3.00 bits per heavy atom. The second kappa shape index (κ2) is 6.08. The van der Waals surface area contributed by atoms with E-state index >= 15 is 0 Å². The first-order valence-corrected chi connectivity index (χ1v) is 5.69. The summed E-state index contributed by atoms with van der Waals surface area (Å²) in [6.07, 6.45) is 3.60. The fourth-order valence-corrected chi connectivity index (χ4v) is 1.84. The number of ether oxygens (including phenoxy) is 1. The normalized spacial score (nSPS) is 23.9. The Balaban J connectivity index is 2.26. The highest BCUT2D eigenvalue weighted by Gasteiger charge is 2.21. The van der Waals surface area contributed by atoms with E-state index in [1.54, 1.807) is 7.11 Å². The second-order valence-electron chi connectivity index (χ2n) is 4.33. The van der Waals surface area contributed by atoms with Crippen molar-refractivity contribution < 1.29 is 9.53 Å². The van der Waals surface area contributed by atoms with Crippen molar-refractivity contribution in [2.75, 3.05) is 20.2 Å². The molecule has 2 atom stereocenters. The molecule has 1 heterocycles. The van der Waals surface area contributed by atoms with Gasteiger partial charge in [0.2, 0.25) is 5.91 Å². The second-order valence-corrected chi connectivity index (χ2v) is 4.33.